The van der Waals surface area contributed by atoms with Crippen LogP contribution in [0.1, 0.15) is 33.7 Å². The van der Waals surface area contributed by atoms with Gasteiger partial charge < -0.3 is 16.0 Å². The quantitative estimate of drug-likeness (QED) is 0.644. The molecule has 31 heavy (non-hydrogen) atoms. The molecule has 10 heteroatoms. The predicted molar refractivity (Wildman–Crippen MR) is 113 cm³/mol. The number of anilines is 1. The summed E-state index contributed by atoms with van der Waals surface area (Å²) in [4.78, 5) is 35.4. The number of nitrogens with two attached hydrogens (primary N) is 1. The third-order valence-electron chi connectivity index (χ3n) is 5.04. The van der Waals surface area contributed by atoms with E-state index in [4.69, 9.17) is 5.73 Å². The third-order valence-corrected chi connectivity index (χ3v) is 5.90. The van der Waals surface area contributed by atoms with Crippen LogP contribution in [0.2, 0.25) is 0 Å². The van der Waals surface area contributed by atoms with Gasteiger partial charge in [-0.05, 0) is 31.0 Å². The molecule has 0 unspecified atom stereocenters. The van der Waals surface area contributed by atoms with E-state index in [9.17, 15) is 18.4 Å². The molecule has 0 saturated carbocycles. The largest absolute Gasteiger partial charge is 0.338 e. The number of hydrogen-bond donors (Lipinski definition) is 2. The Morgan fingerprint density at radius 2 is 1.87 bits per heavy atom. The van der Waals surface area contributed by atoms with E-state index in [2.05, 4.69) is 15.3 Å². The van der Waals surface area contributed by atoms with E-state index in [1.165, 1.54) is 29.9 Å². The maximum absolute atomic E-state index is 14.0. The number of aromatic nitrogens is 2. The number of nitrogens with zero attached hydrogens (tertiary/aromatic N) is 3. The van der Waals surface area contributed by atoms with E-state index in [-0.39, 0.29) is 33.9 Å². The lowest BCUT2D eigenvalue weighted by atomic mass is 10.0. The highest BCUT2D eigenvalue weighted by molar-refractivity contribution is 7.13. The van der Waals surface area contributed by atoms with Gasteiger partial charge in [0.1, 0.15) is 22.3 Å². The van der Waals surface area contributed by atoms with Crippen LogP contribution in [0.25, 0.3) is 10.6 Å². The molecule has 1 aliphatic rings. The molecular formula is C21H19F2N5O2S. The van der Waals surface area contributed by atoms with E-state index in [1.807, 2.05) is 0 Å². The van der Waals surface area contributed by atoms with Crippen molar-refractivity contribution < 1.29 is 18.4 Å². The van der Waals surface area contributed by atoms with Gasteiger partial charge in [-0.2, -0.15) is 0 Å². The number of nitrogens with one attached hydrogen (secondary N) is 1. The molecule has 3 N–H and O–H groups in total. The van der Waals surface area contributed by atoms with Crippen LogP contribution in [0.5, 0.6) is 0 Å². The maximum Gasteiger partial charge on any atom is 0.275 e. The van der Waals surface area contributed by atoms with Gasteiger partial charge in [0, 0.05) is 30.7 Å². The molecule has 3 heterocycles. The zero-order valence-electron chi connectivity index (χ0n) is 16.3. The SMILES string of the molecule is NC1CCN(C(=O)c2ccncc2NC(=O)c2csc(-c3c(F)cccc3F)n2)CC1. The molecule has 1 fully saturated rings. The number of benzene rings is 1. The number of halogens is 2. The Morgan fingerprint density at radius 3 is 2.58 bits per heavy atom. The summed E-state index contributed by atoms with van der Waals surface area (Å²) in [6.07, 6.45) is 4.28. The van der Waals surface area contributed by atoms with E-state index >= 15 is 0 Å². The molecular weight excluding hydrogens is 424 g/mol. The van der Waals surface area contributed by atoms with Crippen LogP contribution in [-0.2, 0) is 0 Å². The summed E-state index contributed by atoms with van der Waals surface area (Å²) in [5.74, 6) is -2.36. The summed E-state index contributed by atoms with van der Waals surface area (Å²) < 4.78 is 28.0. The van der Waals surface area contributed by atoms with Gasteiger partial charge in [0.05, 0.1) is 23.0 Å². The summed E-state index contributed by atoms with van der Waals surface area (Å²) in [5.41, 5.74) is 6.13. The molecule has 2 aromatic heterocycles. The fraction of sp³-hybridized carbons (Fsp3) is 0.238. The topological polar surface area (TPSA) is 101 Å². The molecule has 7 nitrogen and oxygen atoms in total. The lowest BCUT2D eigenvalue weighted by Crippen LogP contribution is -2.43. The molecule has 4 rings (SSSR count). The number of carbonyl (C=O) groups excluding carboxylic acids is 2. The Labute approximate surface area is 180 Å². The molecule has 0 radical (unpaired) electrons. The Morgan fingerprint density at radius 1 is 1.16 bits per heavy atom. The molecule has 2 amide bonds. The Kier molecular flexibility index (Phi) is 6.01. The highest BCUT2D eigenvalue weighted by Gasteiger charge is 2.25. The van der Waals surface area contributed by atoms with Crippen LogP contribution in [0.3, 0.4) is 0 Å². The van der Waals surface area contributed by atoms with Crippen LogP contribution in [0, 0.1) is 11.6 Å². The minimum Gasteiger partial charge on any atom is -0.338 e. The first-order valence-electron chi connectivity index (χ1n) is 9.64. The second kappa shape index (κ2) is 8.86. The van der Waals surface area contributed by atoms with Gasteiger partial charge in [0.2, 0.25) is 0 Å². The molecule has 0 spiro atoms. The first-order chi connectivity index (χ1) is 14.9. The first-order valence-corrected chi connectivity index (χ1v) is 10.5. The molecule has 0 aliphatic carbocycles. The lowest BCUT2D eigenvalue weighted by Gasteiger charge is -2.30. The van der Waals surface area contributed by atoms with Crippen molar-refractivity contribution in [1.29, 1.82) is 0 Å². The first kappa shape index (κ1) is 21.0. The average molecular weight is 443 g/mol. The zero-order valence-corrected chi connectivity index (χ0v) is 17.2. The summed E-state index contributed by atoms with van der Waals surface area (Å²) in [6, 6.07) is 5.13. The molecule has 0 bridgehead atoms. The van der Waals surface area contributed by atoms with Gasteiger partial charge in [0.15, 0.2) is 0 Å². The summed E-state index contributed by atoms with van der Waals surface area (Å²) in [5, 5.41) is 4.08. The number of amides is 2. The van der Waals surface area contributed by atoms with Gasteiger partial charge in [-0.15, -0.1) is 11.3 Å². The highest BCUT2D eigenvalue weighted by Crippen LogP contribution is 2.29. The van der Waals surface area contributed by atoms with Crippen LogP contribution in [-0.4, -0.2) is 45.8 Å². The number of rotatable bonds is 4. The van der Waals surface area contributed by atoms with Crippen molar-refractivity contribution in [3.63, 3.8) is 0 Å². The monoisotopic (exact) mass is 443 g/mol. The normalized spacial score (nSPS) is 14.5. The van der Waals surface area contributed by atoms with Crippen molar-refractivity contribution in [3.05, 3.63) is 64.9 Å². The highest BCUT2D eigenvalue weighted by atomic mass is 32.1. The number of likely N-dealkylation sites (tertiary alicyclic amines) is 1. The second-order valence-corrected chi connectivity index (χ2v) is 8.00. The zero-order chi connectivity index (χ0) is 22.0. The van der Waals surface area contributed by atoms with Gasteiger partial charge in [-0.1, -0.05) is 6.07 Å². The third kappa shape index (κ3) is 4.44. The number of carbonyl (C=O) groups is 2. The van der Waals surface area contributed by atoms with E-state index in [0.717, 1.165) is 23.5 Å². The van der Waals surface area contributed by atoms with Crippen LogP contribution in [0.4, 0.5) is 14.5 Å². The average Bonchev–Trinajstić information content (AvgIpc) is 3.24. The molecule has 0 atom stereocenters. The van der Waals surface area contributed by atoms with Gasteiger partial charge in [-0.25, -0.2) is 13.8 Å². The van der Waals surface area contributed by atoms with Crippen molar-refractivity contribution in [2.75, 3.05) is 18.4 Å². The van der Waals surface area contributed by atoms with Crippen molar-refractivity contribution in [2.45, 2.75) is 18.9 Å². The van der Waals surface area contributed by atoms with Crippen molar-refractivity contribution in [1.82, 2.24) is 14.9 Å². The van der Waals surface area contributed by atoms with E-state index < -0.39 is 17.5 Å². The van der Waals surface area contributed by atoms with Crippen LogP contribution < -0.4 is 11.1 Å². The van der Waals surface area contributed by atoms with E-state index in [0.29, 0.717) is 31.5 Å². The van der Waals surface area contributed by atoms with Crippen molar-refractivity contribution in [3.8, 4) is 10.6 Å². The molecule has 1 aromatic carbocycles. The Hall–Kier alpha value is -3.24. The molecule has 3 aromatic rings. The smallest absolute Gasteiger partial charge is 0.275 e. The van der Waals surface area contributed by atoms with Gasteiger partial charge in [0.25, 0.3) is 11.8 Å². The van der Waals surface area contributed by atoms with Crippen molar-refractivity contribution >= 4 is 28.8 Å². The fourth-order valence-electron chi connectivity index (χ4n) is 3.33. The summed E-state index contributed by atoms with van der Waals surface area (Å²) in [6.45, 7) is 1.08. The number of piperidine rings is 1. The number of thiazole rings is 1. The number of hydrogen-bond acceptors (Lipinski definition) is 6. The lowest BCUT2D eigenvalue weighted by molar-refractivity contribution is 0.0715. The molecule has 1 aliphatic heterocycles. The standard InChI is InChI=1S/C21H19F2N5O2S/c22-14-2-1-3-15(23)18(14)20-27-17(11-31-20)19(29)26-16-10-25-7-4-13(16)21(30)28-8-5-12(24)6-9-28/h1-4,7,10-12H,5-6,8-9,24H2,(H,26,29). The second-order valence-electron chi connectivity index (χ2n) is 7.14. The van der Waals surface area contributed by atoms with Crippen molar-refractivity contribution in [2.24, 2.45) is 5.73 Å². The minimum absolute atomic E-state index is 0.0196. The van der Waals surface area contributed by atoms with Gasteiger partial charge >= 0.3 is 0 Å². The Bertz CT molecular complexity index is 1110. The Balaban J connectivity index is 1.54. The van der Waals surface area contributed by atoms with Crippen LogP contribution >= 0.6 is 11.3 Å². The summed E-state index contributed by atoms with van der Waals surface area (Å²) in [7, 11) is 0. The fourth-order valence-corrected chi connectivity index (χ4v) is 4.18. The molecule has 160 valence electrons. The van der Waals surface area contributed by atoms with Gasteiger partial charge in [-0.3, -0.25) is 14.6 Å². The van der Waals surface area contributed by atoms with Crippen LogP contribution in [0.15, 0.2) is 42.0 Å². The number of pyridine rings is 1. The maximum atomic E-state index is 14.0. The van der Waals surface area contributed by atoms with E-state index in [1.54, 1.807) is 4.90 Å². The predicted octanol–water partition coefficient (Wildman–Crippen LogP) is 3.30. The minimum atomic E-state index is -0.761. The summed E-state index contributed by atoms with van der Waals surface area (Å²) >= 11 is 0.949. The molecule has 1 saturated heterocycles.